The Labute approximate surface area is 270 Å². The van der Waals surface area contributed by atoms with Crippen LogP contribution in [0.25, 0.3) is 22.4 Å². The van der Waals surface area contributed by atoms with E-state index in [0.717, 1.165) is 28.1 Å². The number of aromatic nitrogens is 1. The fraction of sp³-hybridized carbons (Fsp3) is 0. The first kappa shape index (κ1) is 27.5. The Balaban J connectivity index is 1.29. The van der Waals surface area contributed by atoms with Gasteiger partial charge in [0.1, 0.15) is 11.8 Å². The van der Waals surface area contributed by atoms with E-state index in [1.54, 1.807) is 6.07 Å². The zero-order chi connectivity index (χ0) is 30.9. The highest BCUT2D eigenvalue weighted by atomic mass is 28.3. The molecular weight excluding hydrogens is 575 g/mol. The number of rotatable bonds is 5. The molecule has 0 spiro atoms. The molecule has 0 radical (unpaired) electrons. The van der Waals surface area contributed by atoms with E-state index in [2.05, 4.69) is 174 Å². The minimum atomic E-state index is -2.64. The molecule has 0 unspecified atom stereocenters. The van der Waals surface area contributed by atoms with Crippen molar-refractivity contribution in [2.45, 2.75) is 0 Å². The molecular formula is C42H29N3Si. The van der Waals surface area contributed by atoms with E-state index < -0.39 is 8.07 Å². The van der Waals surface area contributed by atoms with Crippen molar-refractivity contribution in [2.75, 3.05) is 4.90 Å². The van der Waals surface area contributed by atoms with Gasteiger partial charge in [0.25, 0.3) is 0 Å². The van der Waals surface area contributed by atoms with Gasteiger partial charge < -0.3 is 4.90 Å². The second kappa shape index (κ2) is 11.5. The molecule has 3 nitrogen and oxygen atoms in total. The van der Waals surface area contributed by atoms with E-state index in [9.17, 15) is 5.26 Å². The standard InChI is InChI=1S/C42H29N3Si/c43-30-34-14-12-20-38(44-34)32-27-25-31(26-28-32)33-13-11-15-35(29-33)45-39-21-7-9-23-41(39)46(36-16-3-1-4-17-36,37-18-5-2-6-19-37)42-24-10-8-22-40(42)45/h1-29H. The zero-order valence-electron chi connectivity index (χ0n) is 25.1. The molecule has 0 atom stereocenters. The van der Waals surface area contributed by atoms with E-state index >= 15 is 0 Å². The monoisotopic (exact) mass is 603 g/mol. The highest BCUT2D eigenvalue weighted by Gasteiger charge is 2.48. The predicted octanol–water partition coefficient (Wildman–Crippen LogP) is 7.45. The van der Waals surface area contributed by atoms with E-state index in [1.807, 2.05) is 12.1 Å². The van der Waals surface area contributed by atoms with Gasteiger partial charge >= 0.3 is 0 Å². The van der Waals surface area contributed by atoms with Crippen molar-refractivity contribution >= 4 is 45.9 Å². The molecule has 0 N–H and O–H groups in total. The van der Waals surface area contributed by atoms with Crippen LogP contribution in [0.4, 0.5) is 17.1 Å². The summed E-state index contributed by atoms with van der Waals surface area (Å²) < 4.78 is 0. The average Bonchev–Trinajstić information content (AvgIpc) is 3.14. The molecule has 2 heterocycles. The van der Waals surface area contributed by atoms with Gasteiger partial charge in [-0.05, 0) is 68.3 Å². The van der Waals surface area contributed by atoms with Crippen LogP contribution in [0.1, 0.15) is 5.69 Å². The van der Waals surface area contributed by atoms with Crippen molar-refractivity contribution in [1.29, 1.82) is 5.26 Å². The Morgan fingerprint density at radius 3 is 1.63 bits per heavy atom. The molecule has 0 fully saturated rings. The van der Waals surface area contributed by atoms with Crippen molar-refractivity contribution in [1.82, 2.24) is 4.98 Å². The number of nitrogens with zero attached hydrogens (tertiary/aromatic N) is 3. The van der Waals surface area contributed by atoms with Crippen LogP contribution in [-0.4, -0.2) is 13.1 Å². The van der Waals surface area contributed by atoms with Gasteiger partial charge in [-0.2, -0.15) is 5.26 Å². The molecule has 8 rings (SSSR count). The molecule has 0 saturated carbocycles. The number of hydrogen-bond donors (Lipinski definition) is 0. The summed E-state index contributed by atoms with van der Waals surface area (Å²) in [5.41, 5.74) is 8.02. The number of fused-ring (bicyclic) bond motifs is 2. The summed E-state index contributed by atoms with van der Waals surface area (Å²) >= 11 is 0. The Morgan fingerprint density at radius 2 is 1.02 bits per heavy atom. The van der Waals surface area contributed by atoms with Crippen LogP contribution >= 0.6 is 0 Å². The molecule has 1 aliphatic heterocycles. The summed E-state index contributed by atoms with van der Waals surface area (Å²) in [4.78, 5) is 6.91. The quantitative estimate of drug-likeness (QED) is 0.192. The SMILES string of the molecule is N#Cc1cccc(-c2ccc(-c3cccc(N4c5ccccc5[Si](c5ccccc5)(c5ccccc5)c5ccccc54)c3)cc2)n1. The van der Waals surface area contributed by atoms with E-state index in [4.69, 9.17) is 0 Å². The molecule has 6 aromatic carbocycles. The minimum absolute atomic E-state index is 0.419. The Bertz CT molecular complexity index is 2130. The van der Waals surface area contributed by atoms with E-state index in [-0.39, 0.29) is 0 Å². The summed E-state index contributed by atoms with van der Waals surface area (Å²) in [6, 6.07) is 65.1. The normalized spacial score (nSPS) is 12.9. The maximum absolute atomic E-state index is 9.29. The number of pyridine rings is 1. The lowest BCUT2D eigenvalue weighted by Gasteiger charge is -2.45. The summed E-state index contributed by atoms with van der Waals surface area (Å²) in [6.45, 7) is 0. The molecule has 216 valence electrons. The molecule has 1 aromatic heterocycles. The minimum Gasteiger partial charge on any atom is -0.311 e. The van der Waals surface area contributed by atoms with Gasteiger partial charge in [-0.15, -0.1) is 0 Å². The molecule has 1 aliphatic rings. The second-order valence-electron chi connectivity index (χ2n) is 11.5. The third-order valence-electron chi connectivity index (χ3n) is 8.99. The number of para-hydroxylation sites is 2. The first-order chi connectivity index (χ1) is 22.8. The fourth-order valence-corrected chi connectivity index (χ4v) is 12.1. The van der Waals surface area contributed by atoms with Crippen LogP contribution in [0.2, 0.25) is 0 Å². The lowest BCUT2D eigenvalue weighted by atomic mass is 10.0. The largest absolute Gasteiger partial charge is 0.311 e. The molecule has 7 aromatic rings. The predicted molar refractivity (Wildman–Crippen MR) is 192 cm³/mol. The van der Waals surface area contributed by atoms with Crippen LogP contribution in [0.3, 0.4) is 0 Å². The van der Waals surface area contributed by atoms with Gasteiger partial charge in [-0.3, -0.25) is 0 Å². The van der Waals surface area contributed by atoms with Crippen LogP contribution in [0.15, 0.2) is 176 Å². The third-order valence-corrected chi connectivity index (χ3v) is 13.9. The van der Waals surface area contributed by atoms with Crippen molar-refractivity contribution in [3.05, 3.63) is 182 Å². The van der Waals surface area contributed by atoms with Gasteiger partial charge in [0.2, 0.25) is 0 Å². The van der Waals surface area contributed by atoms with Crippen molar-refractivity contribution in [3.8, 4) is 28.5 Å². The number of anilines is 3. The summed E-state index contributed by atoms with van der Waals surface area (Å²) in [5, 5.41) is 14.8. The summed E-state index contributed by atoms with van der Waals surface area (Å²) in [5.74, 6) is 0. The highest BCUT2D eigenvalue weighted by Crippen LogP contribution is 2.39. The van der Waals surface area contributed by atoms with Crippen molar-refractivity contribution < 1.29 is 0 Å². The van der Waals surface area contributed by atoms with Crippen LogP contribution in [0, 0.1) is 11.3 Å². The Hall–Kier alpha value is -6.02. The van der Waals surface area contributed by atoms with Crippen LogP contribution in [0.5, 0.6) is 0 Å². The Kier molecular flexibility index (Phi) is 6.87. The average molecular weight is 604 g/mol. The fourth-order valence-electron chi connectivity index (χ4n) is 7.01. The van der Waals surface area contributed by atoms with Gasteiger partial charge in [0, 0.05) is 22.6 Å². The smallest absolute Gasteiger partial charge is 0.184 e. The van der Waals surface area contributed by atoms with Crippen molar-refractivity contribution in [3.63, 3.8) is 0 Å². The van der Waals surface area contributed by atoms with Gasteiger partial charge in [-0.25, -0.2) is 4.98 Å². The molecule has 46 heavy (non-hydrogen) atoms. The molecule has 4 heteroatoms. The van der Waals surface area contributed by atoms with Crippen molar-refractivity contribution in [2.24, 2.45) is 0 Å². The van der Waals surface area contributed by atoms with Gasteiger partial charge in [0.05, 0.1) is 5.69 Å². The topological polar surface area (TPSA) is 39.9 Å². The van der Waals surface area contributed by atoms with E-state index in [1.165, 1.54) is 32.1 Å². The first-order valence-electron chi connectivity index (χ1n) is 15.5. The van der Waals surface area contributed by atoms with Gasteiger partial charge in [0.15, 0.2) is 8.07 Å². The second-order valence-corrected chi connectivity index (χ2v) is 15.2. The first-order valence-corrected chi connectivity index (χ1v) is 17.5. The maximum atomic E-state index is 9.29. The third kappa shape index (κ3) is 4.45. The number of hydrogen-bond acceptors (Lipinski definition) is 3. The summed E-state index contributed by atoms with van der Waals surface area (Å²) in [6.07, 6.45) is 0. The summed E-state index contributed by atoms with van der Waals surface area (Å²) in [7, 11) is -2.64. The molecule has 0 bridgehead atoms. The zero-order valence-corrected chi connectivity index (χ0v) is 26.1. The molecule has 0 aliphatic carbocycles. The van der Waals surface area contributed by atoms with Gasteiger partial charge in [-0.1, -0.05) is 140 Å². The number of benzene rings is 6. The van der Waals surface area contributed by atoms with E-state index in [0.29, 0.717) is 5.69 Å². The lowest BCUT2D eigenvalue weighted by Crippen LogP contribution is -2.77. The molecule has 0 saturated heterocycles. The Morgan fingerprint density at radius 1 is 0.478 bits per heavy atom. The highest BCUT2D eigenvalue weighted by molar-refractivity contribution is 7.21. The maximum Gasteiger partial charge on any atom is 0.184 e. The van der Waals surface area contributed by atoms with Crippen LogP contribution in [-0.2, 0) is 0 Å². The van der Waals surface area contributed by atoms with Crippen LogP contribution < -0.4 is 25.6 Å². The molecule has 0 amide bonds. The number of nitriles is 1. The lowest BCUT2D eigenvalue weighted by molar-refractivity contribution is 1.26.